The van der Waals surface area contributed by atoms with Crippen molar-refractivity contribution in [1.82, 2.24) is 4.57 Å². The fraction of sp³-hybridized carbons (Fsp3) is 0.125. The summed E-state index contributed by atoms with van der Waals surface area (Å²) in [5, 5.41) is 1.04. The molecule has 1 atom stereocenters. The van der Waals surface area contributed by atoms with Crippen LogP contribution < -0.4 is 0 Å². The molecule has 1 aromatic carbocycles. The van der Waals surface area contributed by atoms with E-state index in [4.69, 9.17) is 0 Å². The fourth-order valence-electron chi connectivity index (χ4n) is 2.40. The lowest BCUT2D eigenvalue weighted by Gasteiger charge is -2.26. The van der Waals surface area contributed by atoms with E-state index in [-0.39, 0.29) is 0 Å². The molecule has 0 bridgehead atoms. The number of hydrogen-bond acceptors (Lipinski definition) is 0. The Morgan fingerprint density at radius 3 is 2.95 bits per heavy atom. The van der Waals surface area contributed by atoms with Crippen molar-refractivity contribution in [2.24, 2.45) is 0 Å². The van der Waals surface area contributed by atoms with Crippen molar-refractivity contribution in [2.75, 3.05) is 0 Å². The number of benzene rings is 1. The Morgan fingerprint density at radius 1 is 1.26 bits per heavy atom. The summed E-state index contributed by atoms with van der Waals surface area (Å²) in [6, 6.07) is 9.72. The van der Waals surface area contributed by atoms with Crippen molar-refractivity contribution in [3.05, 3.63) is 60.3 Å². The molecule has 0 saturated carbocycles. The molecule has 19 heavy (non-hydrogen) atoms. The molecule has 0 amide bonds. The van der Waals surface area contributed by atoms with E-state index in [9.17, 15) is 0 Å². The maximum atomic E-state index is 15.2. The predicted molar refractivity (Wildman–Crippen MR) is 79.6 cm³/mol. The van der Waals surface area contributed by atoms with Crippen LogP contribution in [0.25, 0.3) is 10.9 Å². The first-order chi connectivity index (χ1) is 9.23. The van der Waals surface area contributed by atoms with E-state index in [1.165, 1.54) is 0 Å². The fourth-order valence-corrected chi connectivity index (χ4v) is 2.63. The lowest BCUT2D eigenvalue weighted by Crippen LogP contribution is -2.26. The zero-order valence-corrected chi connectivity index (χ0v) is 11.7. The van der Waals surface area contributed by atoms with Crippen LogP contribution in [0.3, 0.4) is 0 Å². The number of halogens is 2. The number of nitrogens with zero attached hydrogens (tertiary/aromatic N) is 1. The van der Waals surface area contributed by atoms with Gasteiger partial charge in [0, 0.05) is 34.1 Å². The first-order valence-corrected chi connectivity index (χ1v) is 6.79. The molecule has 3 rings (SSSR count). The van der Waals surface area contributed by atoms with Gasteiger partial charge in [-0.05, 0) is 28.4 Å². The molecule has 0 spiro atoms. The summed E-state index contributed by atoms with van der Waals surface area (Å²) < 4.78 is 16.9. The van der Waals surface area contributed by atoms with Gasteiger partial charge in [-0.3, -0.25) is 0 Å². The number of allylic oxidation sites excluding steroid dienone is 4. The van der Waals surface area contributed by atoms with Crippen molar-refractivity contribution in [3.8, 4) is 10.8 Å². The zero-order chi connectivity index (χ0) is 13.3. The second-order valence-corrected chi connectivity index (χ2v) is 4.89. The van der Waals surface area contributed by atoms with Crippen molar-refractivity contribution in [1.29, 1.82) is 0 Å². The quantitative estimate of drug-likeness (QED) is 0.683. The molecule has 1 aliphatic carbocycles. The van der Waals surface area contributed by atoms with Crippen LogP contribution in [-0.4, -0.2) is 4.57 Å². The Kier molecular flexibility index (Phi) is 3.04. The van der Waals surface area contributed by atoms with Crippen LogP contribution in [0.5, 0.6) is 0 Å². The Bertz CT molecular complexity index is 745. The minimum atomic E-state index is -1.55. The topological polar surface area (TPSA) is 4.93 Å². The summed E-state index contributed by atoms with van der Waals surface area (Å²) in [4.78, 5) is 2.62. The van der Waals surface area contributed by atoms with Gasteiger partial charge in [0.2, 0.25) is 5.79 Å². The summed E-state index contributed by atoms with van der Waals surface area (Å²) in [6.45, 7) is 0. The van der Waals surface area contributed by atoms with E-state index in [2.05, 4.69) is 26.7 Å². The predicted octanol–water partition coefficient (Wildman–Crippen LogP) is 4.51. The molecule has 1 aromatic heterocycles. The second-order valence-electron chi connectivity index (χ2n) is 4.49. The van der Waals surface area contributed by atoms with Gasteiger partial charge in [-0.1, -0.05) is 36.3 Å². The van der Waals surface area contributed by atoms with Gasteiger partial charge in [0.1, 0.15) is 0 Å². The zero-order valence-electron chi connectivity index (χ0n) is 10.1. The van der Waals surface area contributed by atoms with Gasteiger partial charge in [-0.15, -0.1) is 0 Å². The summed E-state index contributed by atoms with van der Waals surface area (Å²) >= 11 is 3.05. The van der Waals surface area contributed by atoms with Crippen LogP contribution in [0.15, 0.2) is 60.3 Å². The summed E-state index contributed by atoms with van der Waals surface area (Å²) in [7, 11) is 0. The highest BCUT2D eigenvalue weighted by molar-refractivity contribution is 9.12. The van der Waals surface area contributed by atoms with Crippen molar-refractivity contribution in [3.63, 3.8) is 0 Å². The summed E-state index contributed by atoms with van der Waals surface area (Å²) in [6.07, 6.45) is 7.35. The van der Waals surface area contributed by atoms with Gasteiger partial charge >= 0.3 is 0 Å². The van der Waals surface area contributed by atoms with Gasteiger partial charge < -0.3 is 4.57 Å². The van der Waals surface area contributed by atoms with Gasteiger partial charge in [0.15, 0.2) is 0 Å². The molecule has 1 unspecified atom stereocenters. The normalized spacial score (nSPS) is 21.9. The Morgan fingerprint density at radius 2 is 2.11 bits per heavy atom. The van der Waals surface area contributed by atoms with Gasteiger partial charge in [0.25, 0.3) is 0 Å². The monoisotopic (exact) mass is 315 g/mol. The maximum Gasteiger partial charge on any atom is 0.210 e. The number of para-hydroxylation sites is 1. The Hall–Kier alpha value is -1.79. The summed E-state index contributed by atoms with van der Waals surface area (Å²) in [5.41, 5.74) is 1.58. The molecule has 0 radical (unpaired) electrons. The molecule has 94 valence electrons. The molecule has 1 nitrogen and oxygen atoms in total. The molecular formula is C16H11BrFN. The standard InChI is InChI=1S/C16H11BrFN/c17-10-7-13-4-3-9-16(18,12-13)19-11-8-14-5-1-2-6-15(14)19/h1-6,8,11-12H,9H2. The first kappa shape index (κ1) is 12.3. The van der Waals surface area contributed by atoms with Crippen LogP contribution in [0.2, 0.25) is 0 Å². The lowest BCUT2D eigenvalue weighted by atomic mass is 10.0. The van der Waals surface area contributed by atoms with Crippen molar-refractivity contribution >= 4 is 26.8 Å². The van der Waals surface area contributed by atoms with Gasteiger partial charge in [0.05, 0.1) is 5.52 Å². The number of fused-ring (bicyclic) bond motifs is 1. The van der Waals surface area contributed by atoms with E-state index >= 15 is 4.39 Å². The molecule has 0 fully saturated rings. The number of alkyl halides is 1. The average molecular weight is 316 g/mol. The molecule has 1 heterocycles. The highest BCUT2D eigenvalue weighted by Crippen LogP contribution is 2.34. The van der Waals surface area contributed by atoms with Gasteiger partial charge in [-0.2, -0.15) is 0 Å². The average Bonchev–Trinajstić information content (AvgIpc) is 2.84. The molecule has 0 aliphatic heterocycles. The van der Waals surface area contributed by atoms with Crippen LogP contribution in [0.1, 0.15) is 6.42 Å². The first-order valence-electron chi connectivity index (χ1n) is 5.99. The van der Waals surface area contributed by atoms with Crippen LogP contribution in [0.4, 0.5) is 4.39 Å². The molecule has 0 saturated heterocycles. The van der Waals surface area contributed by atoms with Crippen LogP contribution in [-0.2, 0) is 5.79 Å². The van der Waals surface area contributed by atoms with Crippen molar-refractivity contribution < 1.29 is 4.39 Å². The molecular weight excluding hydrogens is 305 g/mol. The van der Waals surface area contributed by atoms with Crippen LogP contribution >= 0.6 is 15.9 Å². The number of rotatable bonds is 1. The minimum Gasteiger partial charge on any atom is -0.311 e. The third kappa shape index (κ3) is 2.13. The largest absolute Gasteiger partial charge is 0.311 e. The lowest BCUT2D eigenvalue weighted by molar-refractivity contribution is 0.141. The third-order valence-electron chi connectivity index (χ3n) is 3.27. The summed E-state index contributed by atoms with van der Waals surface area (Å²) in [5.74, 6) is 1.29. The molecule has 3 heteroatoms. The Balaban J connectivity index is 2.14. The number of hydrogen-bond donors (Lipinski definition) is 0. The smallest absolute Gasteiger partial charge is 0.210 e. The maximum absolute atomic E-state index is 15.2. The molecule has 2 aromatic rings. The van der Waals surface area contributed by atoms with E-state index in [0.29, 0.717) is 12.0 Å². The van der Waals surface area contributed by atoms with E-state index in [1.54, 1.807) is 16.8 Å². The van der Waals surface area contributed by atoms with Crippen molar-refractivity contribution in [2.45, 2.75) is 12.2 Å². The molecule has 0 N–H and O–H groups in total. The number of aromatic nitrogens is 1. The second kappa shape index (κ2) is 4.71. The van der Waals surface area contributed by atoms with Gasteiger partial charge in [-0.25, -0.2) is 4.39 Å². The van der Waals surface area contributed by atoms with E-state index in [0.717, 1.165) is 10.9 Å². The van der Waals surface area contributed by atoms with E-state index in [1.807, 2.05) is 42.5 Å². The van der Waals surface area contributed by atoms with Crippen LogP contribution in [0, 0.1) is 10.8 Å². The molecule has 1 aliphatic rings. The van der Waals surface area contributed by atoms with E-state index < -0.39 is 5.79 Å². The minimum absolute atomic E-state index is 0.319. The SMILES string of the molecule is FC1(n2ccc3ccccc32)C=C(C#CBr)C=CC1. The Labute approximate surface area is 119 Å². The third-order valence-corrected chi connectivity index (χ3v) is 3.47. The highest BCUT2D eigenvalue weighted by atomic mass is 79.9. The highest BCUT2D eigenvalue weighted by Gasteiger charge is 2.30.